The standard InChI is InChI=1S/C12H15NO2/c1-10(13-2)8-12(14)15-9-11-6-4-3-5-7-11/h3-8,13H,9H2,1-2H3/b10-8-. The number of ether oxygens (including phenoxy) is 1. The van der Waals surface area contributed by atoms with E-state index in [1.165, 1.54) is 6.08 Å². The topological polar surface area (TPSA) is 38.3 Å². The summed E-state index contributed by atoms with van der Waals surface area (Å²) < 4.78 is 5.05. The lowest BCUT2D eigenvalue weighted by Crippen LogP contribution is -2.07. The molecule has 15 heavy (non-hydrogen) atoms. The number of allylic oxidation sites excluding steroid dienone is 1. The molecule has 0 aromatic heterocycles. The molecule has 0 unspecified atom stereocenters. The third kappa shape index (κ3) is 4.31. The molecule has 0 atom stereocenters. The van der Waals surface area contributed by atoms with Crippen LogP contribution in [-0.2, 0) is 16.1 Å². The summed E-state index contributed by atoms with van der Waals surface area (Å²) in [5, 5.41) is 2.85. The van der Waals surface area contributed by atoms with Crippen LogP contribution in [0.4, 0.5) is 0 Å². The van der Waals surface area contributed by atoms with Crippen molar-refractivity contribution in [3.8, 4) is 0 Å². The molecule has 3 heteroatoms. The van der Waals surface area contributed by atoms with Gasteiger partial charge in [-0.1, -0.05) is 30.3 Å². The third-order valence-electron chi connectivity index (χ3n) is 1.95. The van der Waals surface area contributed by atoms with Gasteiger partial charge in [0.25, 0.3) is 0 Å². The zero-order valence-electron chi connectivity index (χ0n) is 8.99. The van der Waals surface area contributed by atoms with Crippen molar-refractivity contribution < 1.29 is 9.53 Å². The van der Waals surface area contributed by atoms with Crippen molar-refractivity contribution >= 4 is 5.97 Å². The number of hydrogen-bond donors (Lipinski definition) is 1. The van der Waals surface area contributed by atoms with E-state index in [0.717, 1.165) is 11.3 Å². The van der Waals surface area contributed by atoms with Crippen LogP contribution in [-0.4, -0.2) is 13.0 Å². The monoisotopic (exact) mass is 205 g/mol. The Kier molecular flexibility index (Phi) is 4.41. The van der Waals surface area contributed by atoms with Gasteiger partial charge in [0, 0.05) is 18.8 Å². The molecule has 0 radical (unpaired) electrons. The minimum atomic E-state index is -0.328. The summed E-state index contributed by atoms with van der Waals surface area (Å²) in [5.74, 6) is -0.328. The maximum absolute atomic E-state index is 11.2. The van der Waals surface area contributed by atoms with Crippen LogP contribution in [0.5, 0.6) is 0 Å². The first-order valence-corrected chi connectivity index (χ1v) is 4.79. The molecule has 1 aromatic rings. The second-order valence-corrected chi connectivity index (χ2v) is 3.17. The van der Waals surface area contributed by atoms with Crippen LogP contribution in [0.2, 0.25) is 0 Å². The Morgan fingerprint density at radius 2 is 2.07 bits per heavy atom. The zero-order valence-corrected chi connectivity index (χ0v) is 8.99. The van der Waals surface area contributed by atoms with E-state index in [0.29, 0.717) is 6.61 Å². The van der Waals surface area contributed by atoms with Crippen LogP contribution in [0.15, 0.2) is 42.1 Å². The van der Waals surface area contributed by atoms with Crippen molar-refractivity contribution in [3.63, 3.8) is 0 Å². The normalized spacial score (nSPS) is 10.9. The summed E-state index contributed by atoms with van der Waals surface area (Å²) in [6.45, 7) is 2.12. The highest BCUT2D eigenvalue weighted by Crippen LogP contribution is 2.01. The number of benzene rings is 1. The van der Waals surface area contributed by atoms with Gasteiger partial charge >= 0.3 is 5.97 Å². The van der Waals surface area contributed by atoms with Gasteiger partial charge in [-0.3, -0.25) is 0 Å². The number of hydrogen-bond acceptors (Lipinski definition) is 3. The molecule has 0 saturated carbocycles. The predicted molar refractivity (Wildman–Crippen MR) is 59.1 cm³/mol. The van der Waals surface area contributed by atoms with Gasteiger partial charge in [0.1, 0.15) is 6.61 Å². The molecular formula is C12H15NO2. The molecule has 0 bridgehead atoms. The summed E-state index contributed by atoms with van der Waals surface area (Å²) in [6.07, 6.45) is 1.43. The number of nitrogens with one attached hydrogen (secondary N) is 1. The van der Waals surface area contributed by atoms with Gasteiger partial charge in [-0.2, -0.15) is 0 Å². The Hall–Kier alpha value is -1.77. The summed E-state index contributed by atoms with van der Waals surface area (Å²) in [7, 11) is 1.76. The lowest BCUT2D eigenvalue weighted by molar-refractivity contribution is -0.139. The van der Waals surface area contributed by atoms with Crippen LogP contribution in [0.25, 0.3) is 0 Å². The van der Waals surface area contributed by atoms with E-state index >= 15 is 0 Å². The molecule has 1 aromatic carbocycles. The smallest absolute Gasteiger partial charge is 0.332 e. The van der Waals surface area contributed by atoms with Crippen LogP contribution in [0, 0.1) is 0 Å². The first-order chi connectivity index (χ1) is 7.22. The first-order valence-electron chi connectivity index (χ1n) is 4.79. The summed E-state index contributed by atoms with van der Waals surface area (Å²) in [6, 6.07) is 9.59. The maximum atomic E-state index is 11.2. The van der Waals surface area contributed by atoms with E-state index in [4.69, 9.17) is 4.74 Å². The molecule has 1 rings (SSSR count). The lowest BCUT2D eigenvalue weighted by atomic mass is 10.2. The molecule has 3 nitrogen and oxygen atoms in total. The van der Waals surface area contributed by atoms with Crippen LogP contribution < -0.4 is 5.32 Å². The van der Waals surface area contributed by atoms with Crippen molar-refractivity contribution in [2.45, 2.75) is 13.5 Å². The highest BCUT2D eigenvalue weighted by atomic mass is 16.5. The molecule has 0 fully saturated rings. The highest BCUT2D eigenvalue weighted by Gasteiger charge is 1.99. The van der Waals surface area contributed by atoms with Gasteiger partial charge < -0.3 is 10.1 Å². The molecule has 0 aliphatic rings. The van der Waals surface area contributed by atoms with Crippen molar-refractivity contribution in [2.75, 3.05) is 7.05 Å². The molecule has 0 heterocycles. The number of carbonyl (C=O) groups excluding carboxylic acids is 1. The summed E-state index contributed by atoms with van der Waals surface area (Å²) in [5.41, 5.74) is 1.77. The lowest BCUT2D eigenvalue weighted by Gasteiger charge is -2.03. The van der Waals surface area contributed by atoms with Crippen LogP contribution in [0.3, 0.4) is 0 Å². The fourth-order valence-electron chi connectivity index (χ4n) is 1.02. The zero-order chi connectivity index (χ0) is 11.1. The number of esters is 1. The second kappa shape index (κ2) is 5.86. The minimum Gasteiger partial charge on any atom is -0.458 e. The molecule has 0 aliphatic carbocycles. The predicted octanol–water partition coefficient (Wildman–Crippen LogP) is 1.85. The molecule has 0 aliphatic heterocycles. The fraction of sp³-hybridized carbons (Fsp3) is 0.250. The van der Waals surface area contributed by atoms with E-state index in [-0.39, 0.29) is 5.97 Å². The van der Waals surface area contributed by atoms with Crippen LogP contribution in [0.1, 0.15) is 12.5 Å². The fourth-order valence-corrected chi connectivity index (χ4v) is 1.02. The third-order valence-corrected chi connectivity index (χ3v) is 1.95. The van der Waals surface area contributed by atoms with Gasteiger partial charge in [0.05, 0.1) is 0 Å². The van der Waals surface area contributed by atoms with Crippen LogP contribution >= 0.6 is 0 Å². The minimum absolute atomic E-state index is 0.313. The molecule has 0 amide bonds. The highest BCUT2D eigenvalue weighted by molar-refractivity contribution is 5.82. The van der Waals surface area contributed by atoms with Crippen molar-refractivity contribution in [2.24, 2.45) is 0 Å². The SMILES string of the molecule is CN/C(C)=C\C(=O)OCc1ccccc1. The van der Waals surface area contributed by atoms with Gasteiger partial charge in [-0.15, -0.1) is 0 Å². The number of rotatable bonds is 4. The molecule has 0 spiro atoms. The Balaban J connectivity index is 2.41. The molecule has 1 N–H and O–H groups in total. The first kappa shape index (κ1) is 11.3. The van der Waals surface area contributed by atoms with E-state index in [1.54, 1.807) is 7.05 Å². The average Bonchev–Trinajstić information content (AvgIpc) is 2.27. The number of carbonyl (C=O) groups is 1. The average molecular weight is 205 g/mol. The Morgan fingerprint density at radius 1 is 1.40 bits per heavy atom. The molecular weight excluding hydrogens is 190 g/mol. The summed E-state index contributed by atoms with van der Waals surface area (Å²) >= 11 is 0. The van der Waals surface area contributed by atoms with E-state index in [9.17, 15) is 4.79 Å². The maximum Gasteiger partial charge on any atom is 0.332 e. The molecule has 0 saturated heterocycles. The summed E-state index contributed by atoms with van der Waals surface area (Å²) in [4.78, 5) is 11.2. The van der Waals surface area contributed by atoms with E-state index < -0.39 is 0 Å². The van der Waals surface area contributed by atoms with Gasteiger partial charge in [-0.25, -0.2) is 4.79 Å². The van der Waals surface area contributed by atoms with Crippen molar-refractivity contribution in [1.29, 1.82) is 0 Å². The van der Waals surface area contributed by atoms with E-state index in [2.05, 4.69) is 5.32 Å². The van der Waals surface area contributed by atoms with Crippen molar-refractivity contribution in [1.82, 2.24) is 5.32 Å². The Bertz CT molecular complexity index is 344. The Labute approximate surface area is 89.8 Å². The second-order valence-electron chi connectivity index (χ2n) is 3.17. The van der Waals surface area contributed by atoms with Gasteiger partial charge in [0.2, 0.25) is 0 Å². The van der Waals surface area contributed by atoms with Crippen molar-refractivity contribution in [3.05, 3.63) is 47.7 Å². The molecule has 80 valence electrons. The van der Waals surface area contributed by atoms with Gasteiger partial charge in [0.15, 0.2) is 0 Å². The van der Waals surface area contributed by atoms with Gasteiger partial charge in [-0.05, 0) is 12.5 Å². The van der Waals surface area contributed by atoms with E-state index in [1.807, 2.05) is 37.3 Å². The quantitative estimate of drug-likeness (QED) is 0.602. The largest absolute Gasteiger partial charge is 0.458 e. The Morgan fingerprint density at radius 3 is 2.67 bits per heavy atom.